The molecule has 3 aliphatic carbocycles. The number of carbonyl (C=O) groups is 3. The van der Waals surface area contributed by atoms with E-state index < -0.39 is 70.6 Å². The second-order valence-corrected chi connectivity index (χ2v) is 11.3. The highest BCUT2D eigenvalue weighted by atomic mass is 16.6. The third-order valence-corrected chi connectivity index (χ3v) is 9.41. The van der Waals surface area contributed by atoms with E-state index in [9.17, 15) is 29.7 Å². The Morgan fingerprint density at radius 3 is 2.43 bits per heavy atom. The number of ketones is 1. The number of Topliss-reactive ketones (excluding diaryl/α,β-unsaturated/α-hetero) is 1. The van der Waals surface area contributed by atoms with Crippen molar-refractivity contribution >= 4 is 17.7 Å². The number of hydrogen-bond donors (Lipinski definition) is 3. The standard InChI is InChI=1S/C28H34O9/c1-14-10-11-27(34)15(2)20(14)21(31)23(32)26(4)18(30)12-19-28(13-35-19,37-16(3)29)22(26)24(27)36-25(33)17-8-6-5-7-9-17/h5-9,15,18-19,21-22,24,30-31,34H,10-13H2,1-4H3/t15-,18+,19-,21-,22+,24+,26-,27+,28+/m1/s1. The molecule has 0 spiro atoms. The Bertz CT molecular complexity index is 1160. The van der Waals surface area contributed by atoms with Crippen molar-refractivity contribution in [1.29, 1.82) is 0 Å². The molecule has 2 bridgehead atoms. The lowest BCUT2D eigenvalue weighted by Crippen LogP contribution is -2.80. The summed E-state index contributed by atoms with van der Waals surface area (Å²) < 4.78 is 17.7. The Kier molecular flexibility index (Phi) is 6.14. The van der Waals surface area contributed by atoms with E-state index in [4.69, 9.17) is 14.2 Å². The molecule has 0 unspecified atom stereocenters. The summed E-state index contributed by atoms with van der Waals surface area (Å²) in [5, 5.41) is 35.1. The number of esters is 2. The molecule has 9 atom stereocenters. The second kappa shape index (κ2) is 8.73. The first kappa shape index (κ1) is 26.0. The van der Waals surface area contributed by atoms with Crippen molar-refractivity contribution in [3.05, 3.63) is 47.0 Å². The van der Waals surface area contributed by atoms with Crippen LogP contribution in [0, 0.1) is 17.3 Å². The van der Waals surface area contributed by atoms with Crippen LogP contribution >= 0.6 is 0 Å². The molecule has 5 rings (SSSR count). The van der Waals surface area contributed by atoms with Crippen molar-refractivity contribution in [2.24, 2.45) is 17.3 Å². The molecule has 2 saturated carbocycles. The topological polar surface area (TPSA) is 140 Å². The zero-order chi connectivity index (χ0) is 26.9. The van der Waals surface area contributed by atoms with Crippen molar-refractivity contribution in [2.45, 2.75) is 82.6 Å². The first-order chi connectivity index (χ1) is 17.4. The lowest BCUT2D eigenvalue weighted by atomic mass is 9.47. The van der Waals surface area contributed by atoms with Crippen LogP contribution in [0.4, 0.5) is 0 Å². The van der Waals surface area contributed by atoms with E-state index in [-0.39, 0.29) is 25.0 Å². The normalized spacial score (nSPS) is 42.9. The highest BCUT2D eigenvalue weighted by molar-refractivity contribution is 5.93. The number of aliphatic hydroxyl groups is 3. The zero-order valence-electron chi connectivity index (χ0n) is 21.5. The van der Waals surface area contributed by atoms with Gasteiger partial charge in [-0.05, 0) is 44.4 Å². The molecular weight excluding hydrogens is 480 g/mol. The maximum absolute atomic E-state index is 14.1. The molecule has 3 fully saturated rings. The van der Waals surface area contributed by atoms with Crippen LogP contribution in [0.3, 0.4) is 0 Å². The summed E-state index contributed by atoms with van der Waals surface area (Å²) in [6, 6.07) is 8.28. The molecule has 1 aromatic rings. The Hall–Kier alpha value is -2.59. The van der Waals surface area contributed by atoms with Gasteiger partial charge in [-0.25, -0.2) is 4.79 Å². The van der Waals surface area contributed by atoms with Crippen LogP contribution in [-0.4, -0.2) is 75.3 Å². The summed E-state index contributed by atoms with van der Waals surface area (Å²) in [4.78, 5) is 39.9. The molecule has 1 aliphatic heterocycles. The van der Waals surface area contributed by atoms with Gasteiger partial charge < -0.3 is 29.5 Å². The minimum Gasteiger partial charge on any atom is -0.455 e. The molecule has 0 aromatic heterocycles. The van der Waals surface area contributed by atoms with E-state index in [1.165, 1.54) is 13.8 Å². The van der Waals surface area contributed by atoms with Crippen LogP contribution in [0.25, 0.3) is 0 Å². The van der Waals surface area contributed by atoms with Crippen molar-refractivity contribution in [3.63, 3.8) is 0 Å². The van der Waals surface area contributed by atoms with Gasteiger partial charge in [0.15, 0.2) is 11.4 Å². The molecule has 1 saturated heterocycles. The van der Waals surface area contributed by atoms with Crippen molar-refractivity contribution in [2.75, 3.05) is 6.61 Å². The Morgan fingerprint density at radius 1 is 1.16 bits per heavy atom. The van der Waals surface area contributed by atoms with Gasteiger partial charge >= 0.3 is 11.9 Å². The molecule has 4 aliphatic rings. The minimum absolute atomic E-state index is 0.0237. The number of fused-ring (bicyclic) bond motifs is 5. The van der Waals surface area contributed by atoms with E-state index in [1.54, 1.807) is 37.3 Å². The summed E-state index contributed by atoms with van der Waals surface area (Å²) in [7, 11) is 0. The fraction of sp³-hybridized carbons (Fsp3) is 0.607. The molecule has 9 nitrogen and oxygen atoms in total. The van der Waals surface area contributed by atoms with Gasteiger partial charge in [0.2, 0.25) is 0 Å². The monoisotopic (exact) mass is 514 g/mol. The lowest BCUT2D eigenvalue weighted by molar-refractivity contribution is -0.342. The highest BCUT2D eigenvalue weighted by Gasteiger charge is 2.76. The number of rotatable bonds is 3. The van der Waals surface area contributed by atoms with Gasteiger partial charge in [0.25, 0.3) is 0 Å². The van der Waals surface area contributed by atoms with Crippen LogP contribution in [0.15, 0.2) is 41.5 Å². The largest absolute Gasteiger partial charge is 0.455 e. The number of allylic oxidation sites excluding steroid dienone is 1. The van der Waals surface area contributed by atoms with E-state index in [2.05, 4.69) is 0 Å². The third kappa shape index (κ3) is 3.55. The Balaban J connectivity index is 1.76. The molecule has 1 aromatic carbocycles. The lowest BCUT2D eigenvalue weighted by Gasteiger charge is -2.65. The van der Waals surface area contributed by atoms with Crippen LogP contribution in [0.2, 0.25) is 0 Å². The molecule has 9 heteroatoms. The average Bonchev–Trinajstić information content (AvgIpc) is 2.86. The number of benzene rings is 1. The van der Waals surface area contributed by atoms with Gasteiger partial charge in [-0.1, -0.05) is 30.7 Å². The molecular formula is C28H34O9. The predicted molar refractivity (Wildman–Crippen MR) is 129 cm³/mol. The van der Waals surface area contributed by atoms with E-state index in [1.807, 2.05) is 6.92 Å². The van der Waals surface area contributed by atoms with Gasteiger partial charge in [0.05, 0.1) is 29.6 Å². The Labute approximate surface area is 215 Å². The summed E-state index contributed by atoms with van der Waals surface area (Å²) >= 11 is 0. The van der Waals surface area contributed by atoms with Crippen LogP contribution in [0.5, 0.6) is 0 Å². The fourth-order valence-corrected chi connectivity index (χ4v) is 7.30. The predicted octanol–water partition coefficient (Wildman–Crippen LogP) is 1.72. The number of hydrogen-bond acceptors (Lipinski definition) is 9. The van der Waals surface area contributed by atoms with E-state index in [0.717, 1.165) is 5.57 Å². The molecule has 1 heterocycles. The molecule has 200 valence electrons. The summed E-state index contributed by atoms with van der Waals surface area (Å²) in [6.07, 6.45) is -4.50. The number of carbonyl (C=O) groups excluding carboxylic acids is 3. The maximum atomic E-state index is 14.1. The maximum Gasteiger partial charge on any atom is 0.338 e. The van der Waals surface area contributed by atoms with Crippen LogP contribution in [-0.2, 0) is 23.8 Å². The molecule has 3 N–H and O–H groups in total. The number of ether oxygens (including phenoxy) is 3. The van der Waals surface area contributed by atoms with E-state index in [0.29, 0.717) is 12.0 Å². The second-order valence-electron chi connectivity index (χ2n) is 11.3. The average molecular weight is 515 g/mol. The van der Waals surface area contributed by atoms with Crippen molar-refractivity contribution in [3.8, 4) is 0 Å². The van der Waals surface area contributed by atoms with Gasteiger partial charge in [0.1, 0.15) is 23.9 Å². The van der Waals surface area contributed by atoms with Crippen LogP contribution < -0.4 is 0 Å². The summed E-state index contributed by atoms with van der Waals surface area (Å²) in [6.45, 7) is 6.15. The SMILES string of the molecule is CC(=O)O[C@@]12CO[C@@H]1C[C@H](O)[C@@]1(C)C(=O)[C@H](O)C3=C(C)CC[C@](O)([C@@H]3C)[C@@H](OC(=O)c3ccccc3)[C@H]21. The van der Waals surface area contributed by atoms with Crippen molar-refractivity contribution < 1.29 is 43.9 Å². The van der Waals surface area contributed by atoms with Crippen LogP contribution in [0.1, 0.15) is 57.3 Å². The van der Waals surface area contributed by atoms with Crippen molar-refractivity contribution in [1.82, 2.24) is 0 Å². The molecule has 0 amide bonds. The first-order valence-corrected chi connectivity index (χ1v) is 12.8. The van der Waals surface area contributed by atoms with Gasteiger partial charge in [-0.3, -0.25) is 9.59 Å². The summed E-state index contributed by atoms with van der Waals surface area (Å²) in [5.74, 6) is -3.95. The first-order valence-electron chi connectivity index (χ1n) is 12.8. The zero-order valence-corrected chi connectivity index (χ0v) is 21.5. The quantitative estimate of drug-likeness (QED) is 0.406. The summed E-state index contributed by atoms with van der Waals surface area (Å²) in [5.41, 5.74) is -3.50. The minimum atomic E-state index is -1.73. The Morgan fingerprint density at radius 2 is 1.84 bits per heavy atom. The van der Waals surface area contributed by atoms with Gasteiger partial charge in [-0.2, -0.15) is 0 Å². The smallest absolute Gasteiger partial charge is 0.338 e. The number of aliphatic hydroxyl groups excluding tert-OH is 2. The highest BCUT2D eigenvalue weighted by Crippen LogP contribution is 2.61. The van der Waals surface area contributed by atoms with Gasteiger partial charge in [0, 0.05) is 19.3 Å². The van der Waals surface area contributed by atoms with E-state index >= 15 is 0 Å². The molecule has 0 radical (unpaired) electrons. The van der Waals surface area contributed by atoms with Gasteiger partial charge in [-0.15, -0.1) is 0 Å². The molecule has 37 heavy (non-hydrogen) atoms. The third-order valence-electron chi connectivity index (χ3n) is 9.41. The fourth-order valence-electron chi connectivity index (χ4n) is 7.30.